The molecule has 4 rings (SSSR count). The maximum Gasteiger partial charge on any atom is 0.293 e. The molecule has 0 spiro atoms. The monoisotopic (exact) mass is 449 g/mol. The lowest BCUT2D eigenvalue weighted by atomic mass is 10.0. The average Bonchev–Trinajstić information content (AvgIpc) is 2.77. The van der Waals surface area contributed by atoms with E-state index in [1.807, 2.05) is 6.07 Å². The average molecular weight is 450 g/mol. The van der Waals surface area contributed by atoms with Crippen molar-refractivity contribution in [1.29, 1.82) is 0 Å². The Kier molecular flexibility index (Phi) is 6.06. The largest absolute Gasteiger partial charge is 0.378 e. The van der Waals surface area contributed by atoms with Crippen LogP contribution in [-0.4, -0.2) is 41.1 Å². The lowest BCUT2D eigenvalue weighted by Crippen LogP contribution is -2.36. The smallest absolute Gasteiger partial charge is 0.293 e. The van der Waals surface area contributed by atoms with Crippen LogP contribution in [0.1, 0.15) is 30.5 Å². The zero-order chi connectivity index (χ0) is 22.1. The Balaban J connectivity index is 1.75. The third kappa shape index (κ3) is 4.20. The number of hydrogen-bond donors (Lipinski definition) is 1. The van der Waals surface area contributed by atoms with Gasteiger partial charge in [0, 0.05) is 25.7 Å². The summed E-state index contributed by atoms with van der Waals surface area (Å²) in [6.45, 7) is 4.48. The summed E-state index contributed by atoms with van der Waals surface area (Å²) in [7, 11) is 1.54. The number of alkyl halides is 2. The third-order valence-electron chi connectivity index (χ3n) is 5.36. The zero-order valence-electron chi connectivity index (χ0n) is 17.1. The molecule has 1 saturated heterocycles. The molecule has 1 atom stereocenters. The molecule has 3 aromatic rings. The van der Waals surface area contributed by atoms with Gasteiger partial charge in [-0.3, -0.25) is 4.79 Å². The van der Waals surface area contributed by atoms with E-state index in [1.165, 1.54) is 10.7 Å². The van der Waals surface area contributed by atoms with Gasteiger partial charge in [-0.15, -0.1) is 0 Å². The summed E-state index contributed by atoms with van der Waals surface area (Å²) in [5.41, 5.74) is 1.11. The summed E-state index contributed by atoms with van der Waals surface area (Å²) in [6.07, 6.45) is -0.998. The Hall–Kier alpha value is -2.78. The molecule has 2 aromatic heterocycles. The number of pyridine rings is 1. The van der Waals surface area contributed by atoms with Crippen molar-refractivity contribution in [2.24, 2.45) is 7.05 Å². The van der Waals surface area contributed by atoms with Crippen LogP contribution in [-0.2, 0) is 11.8 Å². The van der Waals surface area contributed by atoms with E-state index < -0.39 is 12.5 Å². The Bertz CT molecular complexity index is 1160. The minimum absolute atomic E-state index is 0.0127. The van der Waals surface area contributed by atoms with Gasteiger partial charge >= 0.3 is 0 Å². The molecule has 0 saturated carbocycles. The standard InChI is InChI=1S/C21H22ClF2N5O2/c1-12(14-4-3-5-15(17(14)22)19(23)24)26-20-16-10-13(29-6-8-31-9-7-29)11-25-18(16)21(30)28(2)27-20/h3-5,10-12,19H,6-9H2,1-2H3,(H,26,27)/t12-/m1/s1. The van der Waals surface area contributed by atoms with Crippen LogP contribution >= 0.6 is 11.6 Å². The fourth-order valence-corrected chi connectivity index (χ4v) is 4.03. The molecule has 31 heavy (non-hydrogen) atoms. The second kappa shape index (κ2) is 8.76. The first kappa shape index (κ1) is 21.5. The van der Waals surface area contributed by atoms with Gasteiger partial charge in [0.05, 0.1) is 41.5 Å². The zero-order valence-corrected chi connectivity index (χ0v) is 17.9. The number of halogens is 3. The Morgan fingerprint density at radius 2 is 1.94 bits per heavy atom. The summed E-state index contributed by atoms with van der Waals surface area (Å²) in [5, 5.41) is 8.15. The number of aryl methyl sites for hydroxylation is 1. The highest BCUT2D eigenvalue weighted by Crippen LogP contribution is 2.34. The van der Waals surface area contributed by atoms with Crippen molar-refractivity contribution in [2.45, 2.75) is 19.4 Å². The van der Waals surface area contributed by atoms with Gasteiger partial charge in [-0.25, -0.2) is 18.4 Å². The van der Waals surface area contributed by atoms with Crippen molar-refractivity contribution in [3.05, 3.63) is 57.0 Å². The van der Waals surface area contributed by atoms with Gasteiger partial charge in [0.15, 0.2) is 5.82 Å². The normalized spacial score (nSPS) is 15.5. The van der Waals surface area contributed by atoms with E-state index in [0.717, 1.165) is 18.8 Å². The van der Waals surface area contributed by atoms with Crippen LogP contribution in [0.5, 0.6) is 0 Å². The molecule has 1 aliphatic heterocycles. The Morgan fingerprint density at radius 1 is 1.23 bits per heavy atom. The molecule has 1 N–H and O–H groups in total. The highest BCUT2D eigenvalue weighted by molar-refractivity contribution is 6.32. The predicted molar refractivity (Wildman–Crippen MR) is 116 cm³/mol. The fraction of sp³-hybridized carbons (Fsp3) is 0.381. The molecular formula is C21H22ClF2N5O2. The number of morpholine rings is 1. The van der Waals surface area contributed by atoms with Crippen LogP contribution in [0.3, 0.4) is 0 Å². The van der Waals surface area contributed by atoms with Gasteiger partial charge < -0.3 is 15.0 Å². The van der Waals surface area contributed by atoms with Gasteiger partial charge in [0.2, 0.25) is 0 Å². The van der Waals surface area contributed by atoms with Gasteiger partial charge in [-0.2, -0.15) is 5.10 Å². The van der Waals surface area contributed by atoms with Crippen molar-refractivity contribution in [1.82, 2.24) is 14.8 Å². The van der Waals surface area contributed by atoms with Gasteiger partial charge in [-0.05, 0) is 18.6 Å². The minimum Gasteiger partial charge on any atom is -0.378 e. The van der Waals surface area contributed by atoms with Gasteiger partial charge in [-0.1, -0.05) is 29.8 Å². The van der Waals surface area contributed by atoms with E-state index in [0.29, 0.717) is 30.0 Å². The number of aromatic nitrogens is 3. The fourth-order valence-electron chi connectivity index (χ4n) is 3.66. The van der Waals surface area contributed by atoms with Crippen molar-refractivity contribution < 1.29 is 13.5 Å². The maximum atomic E-state index is 13.2. The molecule has 1 fully saturated rings. The number of nitrogens with zero attached hydrogens (tertiary/aromatic N) is 4. The topological polar surface area (TPSA) is 72.3 Å². The first-order valence-corrected chi connectivity index (χ1v) is 10.3. The van der Waals surface area contributed by atoms with Gasteiger partial charge in [0.25, 0.3) is 12.0 Å². The van der Waals surface area contributed by atoms with Crippen LogP contribution in [0.25, 0.3) is 10.9 Å². The summed E-state index contributed by atoms with van der Waals surface area (Å²) in [6, 6.07) is 5.97. The van der Waals surface area contributed by atoms with Crippen molar-refractivity contribution in [3.8, 4) is 0 Å². The number of anilines is 2. The quantitative estimate of drug-likeness (QED) is 0.636. The van der Waals surface area contributed by atoms with E-state index >= 15 is 0 Å². The number of fused-ring (bicyclic) bond motifs is 1. The number of benzene rings is 1. The maximum absolute atomic E-state index is 13.2. The lowest BCUT2D eigenvalue weighted by Gasteiger charge is -2.28. The van der Waals surface area contributed by atoms with Gasteiger partial charge in [0.1, 0.15) is 5.52 Å². The summed E-state index contributed by atoms with van der Waals surface area (Å²) in [5.74, 6) is 0.422. The van der Waals surface area contributed by atoms with E-state index in [-0.39, 0.29) is 21.7 Å². The number of hydrogen-bond acceptors (Lipinski definition) is 6. The number of ether oxygens (including phenoxy) is 1. The molecule has 10 heteroatoms. The molecule has 0 aliphatic carbocycles. The number of rotatable bonds is 5. The van der Waals surface area contributed by atoms with E-state index in [4.69, 9.17) is 16.3 Å². The molecule has 164 valence electrons. The number of nitrogens with one attached hydrogen (secondary N) is 1. The molecule has 0 radical (unpaired) electrons. The molecule has 0 amide bonds. The Morgan fingerprint density at radius 3 is 2.65 bits per heavy atom. The second-order valence-electron chi connectivity index (χ2n) is 7.38. The highest BCUT2D eigenvalue weighted by Gasteiger charge is 2.20. The molecular weight excluding hydrogens is 428 g/mol. The van der Waals surface area contributed by atoms with Crippen molar-refractivity contribution >= 4 is 34.0 Å². The molecule has 1 aliphatic rings. The lowest BCUT2D eigenvalue weighted by molar-refractivity contribution is 0.122. The van der Waals surface area contributed by atoms with Crippen molar-refractivity contribution in [2.75, 3.05) is 36.5 Å². The molecule has 0 unspecified atom stereocenters. The van der Waals surface area contributed by atoms with Crippen LogP contribution in [0.4, 0.5) is 20.3 Å². The molecule has 0 bridgehead atoms. The molecule has 3 heterocycles. The third-order valence-corrected chi connectivity index (χ3v) is 5.80. The molecule has 1 aromatic carbocycles. The highest BCUT2D eigenvalue weighted by atomic mass is 35.5. The van der Waals surface area contributed by atoms with E-state index in [9.17, 15) is 13.6 Å². The summed E-state index contributed by atoms with van der Waals surface area (Å²) >= 11 is 6.24. The van der Waals surface area contributed by atoms with Crippen LogP contribution < -0.4 is 15.8 Å². The van der Waals surface area contributed by atoms with Crippen molar-refractivity contribution in [3.63, 3.8) is 0 Å². The van der Waals surface area contributed by atoms with Crippen LogP contribution in [0, 0.1) is 0 Å². The molecule has 7 nitrogen and oxygen atoms in total. The second-order valence-corrected chi connectivity index (χ2v) is 7.76. The Labute approximate surface area is 182 Å². The summed E-state index contributed by atoms with van der Waals surface area (Å²) in [4.78, 5) is 19.1. The predicted octanol–water partition coefficient (Wildman–Crippen LogP) is 3.93. The van der Waals surface area contributed by atoms with Crippen LogP contribution in [0.2, 0.25) is 5.02 Å². The summed E-state index contributed by atoms with van der Waals surface area (Å²) < 4.78 is 33.1. The first-order chi connectivity index (χ1) is 14.9. The minimum atomic E-state index is -2.67. The van der Waals surface area contributed by atoms with E-state index in [2.05, 4.69) is 20.3 Å². The SMILES string of the molecule is C[C@@H](Nc1nn(C)c(=O)c2ncc(N3CCOCC3)cc12)c1cccc(C(F)F)c1Cl. The first-order valence-electron chi connectivity index (χ1n) is 9.89. The van der Waals surface area contributed by atoms with Crippen LogP contribution in [0.15, 0.2) is 35.3 Å². The van der Waals surface area contributed by atoms with E-state index in [1.54, 1.807) is 32.3 Å².